The molecule has 1 aromatic carbocycles. The van der Waals surface area contributed by atoms with Crippen LogP contribution in [-0.4, -0.2) is 73.1 Å². The van der Waals surface area contributed by atoms with Crippen LogP contribution < -0.4 is 10.6 Å². The van der Waals surface area contributed by atoms with Crippen LogP contribution in [0.3, 0.4) is 0 Å². The highest BCUT2D eigenvalue weighted by atomic mass is 127. The number of piperidine rings is 1. The zero-order chi connectivity index (χ0) is 23.7. The van der Waals surface area contributed by atoms with Crippen molar-refractivity contribution in [1.82, 2.24) is 20.4 Å². The number of hydrogen-bond acceptors (Lipinski definition) is 4. The molecule has 2 rings (SSSR count). The molecule has 33 heavy (non-hydrogen) atoms. The number of ether oxygens (including phenoxy) is 1. The smallest absolute Gasteiger partial charge is 0.410 e. The molecule has 1 heterocycles. The third-order valence-corrected chi connectivity index (χ3v) is 5.13. The summed E-state index contributed by atoms with van der Waals surface area (Å²) in [6, 6.07) is 7.58. The Morgan fingerprint density at radius 2 is 1.82 bits per heavy atom. The summed E-state index contributed by atoms with van der Waals surface area (Å²) >= 11 is 0. The maximum absolute atomic E-state index is 12.6. The predicted octanol–water partition coefficient (Wildman–Crippen LogP) is 3.85. The van der Waals surface area contributed by atoms with E-state index in [1.54, 1.807) is 19.0 Å². The summed E-state index contributed by atoms with van der Waals surface area (Å²) in [5, 5.41) is 6.64. The summed E-state index contributed by atoms with van der Waals surface area (Å²) in [6.45, 7) is 10.2. The van der Waals surface area contributed by atoms with E-state index in [1.165, 1.54) is 0 Å². The first-order valence-corrected chi connectivity index (χ1v) is 11.4. The second-order valence-corrected chi connectivity index (χ2v) is 9.30. The fourth-order valence-electron chi connectivity index (χ4n) is 3.51. The molecule has 2 amide bonds. The van der Waals surface area contributed by atoms with Gasteiger partial charge in [0.2, 0.25) is 0 Å². The number of nitrogens with one attached hydrogen (secondary N) is 2. The summed E-state index contributed by atoms with van der Waals surface area (Å²) < 4.78 is 5.59. The lowest BCUT2D eigenvalue weighted by Gasteiger charge is -2.37. The van der Waals surface area contributed by atoms with E-state index in [-0.39, 0.29) is 42.0 Å². The normalized spacial score (nSPS) is 16.5. The van der Waals surface area contributed by atoms with Gasteiger partial charge in [-0.05, 0) is 64.7 Å². The number of rotatable bonds is 6. The van der Waals surface area contributed by atoms with Gasteiger partial charge < -0.3 is 25.2 Å². The largest absolute Gasteiger partial charge is 0.444 e. The molecule has 1 aliphatic heterocycles. The minimum atomic E-state index is -0.504. The molecule has 9 heteroatoms. The Bertz CT molecular complexity index is 790. The number of carbonyl (C=O) groups is 2. The van der Waals surface area contributed by atoms with Crippen molar-refractivity contribution < 1.29 is 14.3 Å². The van der Waals surface area contributed by atoms with Gasteiger partial charge >= 0.3 is 6.09 Å². The van der Waals surface area contributed by atoms with Gasteiger partial charge in [0.1, 0.15) is 5.60 Å². The van der Waals surface area contributed by atoms with Gasteiger partial charge in [-0.25, -0.2) is 9.79 Å². The number of carbonyl (C=O) groups excluding carboxylic acids is 2. The number of amides is 2. The third-order valence-electron chi connectivity index (χ3n) is 5.13. The van der Waals surface area contributed by atoms with Crippen molar-refractivity contribution >= 4 is 41.9 Å². The summed E-state index contributed by atoms with van der Waals surface area (Å²) in [7, 11) is 3.48. The number of halogens is 1. The van der Waals surface area contributed by atoms with Crippen LogP contribution in [0.5, 0.6) is 0 Å². The second kappa shape index (κ2) is 13.6. The average Bonchev–Trinajstić information content (AvgIpc) is 2.74. The average molecular weight is 574 g/mol. The lowest BCUT2D eigenvalue weighted by molar-refractivity contribution is 0.0104. The molecule has 0 spiro atoms. The van der Waals surface area contributed by atoms with Crippen LogP contribution in [0.1, 0.15) is 62.9 Å². The Hall–Kier alpha value is -2.04. The SMILES string of the molecule is CCNC(=NCc1ccc(C(=O)N(C)C)cc1)NCC1CCCCN1C(=O)OC(C)(C)C.I. The van der Waals surface area contributed by atoms with Crippen molar-refractivity contribution in [3.05, 3.63) is 35.4 Å². The van der Waals surface area contributed by atoms with E-state index in [0.717, 1.165) is 31.4 Å². The first-order chi connectivity index (χ1) is 15.1. The maximum atomic E-state index is 12.6. The highest BCUT2D eigenvalue weighted by Crippen LogP contribution is 2.20. The minimum Gasteiger partial charge on any atom is -0.444 e. The van der Waals surface area contributed by atoms with Gasteiger partial charge in [-0.3, -0.25) is 4.79 Å². The number of benzene rings is 1. The van der Waals surface area contributed by atoms with Crippen molar-refractivity contribution in [2.75, 3.05) is 33.7 Å². The number of hydrogen-bond donors (Lipinski definition) is 2. The van der Waals surface area contributed by atoms with Crippen molar-refractivity contribution in [2.24, 2.45) is 4.99 Å². The fourth-order valence-corrected chi connectivity index (χ4v) is 3.51. The van der Waals surface area contributed by atoms with E-state index >= 15 is 0 Å². The molecule has 1 atom stereocenters. The number of guanidine groups is 1. The molecule has 0 aliphatic carbocycles. The second-order valence-electron chi connectivity index (χ2n) is 9.30. The van der Waals surface area contributed by atoms with Gasteiger partial charge in [0.25, 0.3) is 5.91 Å². The van der Waals surface area contributed by atoms with Crippen LogP contribution in [0, 0.1) is 0 Å². The lowest BCUT2D eigenvalue weighted by Crippen LogP contribution is -2.52. The highest BCUT2D eigenvalue weighted by Gasteiger charge is 2.30. The molecule has 1 saturated heterocycles. The first kappa shape index (κ1) is 29.0. The molecule has 0 bridgehead atoms. The molecular weight excluding hydrogens is 533 g/mol. The van der Waals surface area contributed by atoms with E-state index in [4.69, 9.17) is 4.74 Å². The van der Waals surface area contributed by atoms with E-state index < -0.39 is 5.60 Å². The molecule has 1 aliphatic rings. The third kappa shape index (κ3) is 9.77. The van der Waals surface area contributed by atoms with Crippen molar-refractivity contribution in [3.63, 3.8) is 0 Å². The molecule has 1 unspecified atom stereocenters. The van der Waals surface area contributed by atoms with Crippen LogP contribution in [0.15, 0.2) is 29.3 Å². The van der Waals surface area contributed by atoms with Crippen LogP contribution in [0.4, 0.5) is 4.79 Å². The summed E-state index contributed by atoms with van der Waals surface area (Å²) in [6.07, 6.45) is 2.78. The molecule has 0 aromatic heterocycles. The van der Waals surface area contributed by atoms with Crippen LogP contribution in [-0.2, 0) is 11.3 Å². The number of nitrogens with zero attached hydrogens (tertiary/aromatic N) is 3. The van der Waals surface area contributed by atoms with Crippen molar-refractivity contribution in [2.45, 2.75) is 65.1 Å². The zero-order valence-electron chi connectivity index (χ0n) is 20.8. The van der Waals surface area contributed by atoms with E-state index in [2.05, 4.69) is 15.6 Å². The quantitative estimate of drug-likeness (QED) is 0.307. The molecule has 0 radical (unpaired) electrons. The summed E-state index contributed by atoms with van der Waals surface area (Å²) in [5.74, 6) is 0.688. The Balaban J connectivity index is 0.00000544. The Morgan fingerprint density at radius 1 is 1.15 bits per heavy atom. The first-order valence-electron chi connectivity index (χ1n) is 11.4. The van der Waals surface area contributed by atoms with Crippen LogP contribution in [0.25, 0.3) is 0 Å². The van der Waals surface area contributed by atoms with Crippen LogP contribution in [0.2, 0.25) is 0 Å². The Kier molecular flexibility index (Phi) is 12.0. The Morgan fingerprint density at radius 3 is 2.39 bits per heavy atom. The van der Waals surface area contributed by atoms with Gasteiger partial charge in [0, 0.05) is 39.3 Å². The predicted molar refractivity (Wildman–Crippen MR) is 143 cm³/mol. The molecular formula is C24H40IN5O3. The molecule has 0 saturated carbocycles. The highest BCUT2D eigenvalue weighted by molar-refractivity contribution is 14.0. The topological polar surface area (TPSA) is 86.3 Å². The van der Waals surface area contributed by atoms with Crippen molar-refractivity contribution in [3.8, 4) is 0 Å². The van der Waals surface area contributed by atoms with Crippen LogP contribution >= 0.6 is 24.0 Å². The molecule has 1 aromatic rings. The molecule has 1 fully saturated rings. The van der Waals surface area contributed by atoms with Gasteiger partial charge in [-0.15, -0.1) is 24.0 Å². The summed E-state index contributed by atoms with van der Waals surface area (Å²) in [5.41, 5.74) is 1.17. The van der Waals surface area contributed by atoms with E-state index in [9.17, 15) is 9.59 Å². The number of likely N-dealkylation sites (tertiary alicyclic amines) is 1. The lowest BCUT2D eigenvalue weighted by atomic mass is 10.0. The standard InChI is InChI=1S/C24H39N5O3.HI/c1-7-25-22(26-16-18-11-13-19(14-12-18)21(30)28(5)6)27-17-20-10-8-9-15-29(20)23(31)32-24(2,3)4;/h11-14,20H,7-10,15-17H2,1-6H3,(H2,25,26,27);1H. The minimum absolute atomic E-state index is 0. The maximum Gasteiger partial charge on any atom is 0.410 e. The van der Waals surface area contributed by atoms with Gasteiger partial charge in [0.15, 0.2) is 5.96 Å². The molecule has 186 valence electrons. The van der Waals surface area contributed by atoms with E-state index in [0.29, 0.717) is 31.2 Å². The van der Waals surface area contributed by atoms with Gasteiger partial charge in [0.05, 0.1) is 12.6 Å². The fraction of sp³-hybridized carbons (Fsp3) is 0.625. The van der Waals surface area contributed by atoms with E-state index in [1.807, 2.05) is 56.9 Å². The zero-order valence-corrected chi connectivity index (χ0v) is 23.1. The van der Waals surface area contributed by atoms with Crippen molar-refractivity contribution in [1.29, 1.82) is 0 Å². The molecule has 2 N–H and O–H groups in total. The number of aliphatic imine (C=N–C) groups is 1. The van der Waals surface area contributed by atoms with Gasteiger partial charge in [-0.2, -0.15) is 0 Å². The Labute approximate surface area is 215 Å². The summed E-state index contributed by atoms with van der Waals surface area (Å²) in [4.78, 5) is 32.7. The van der Waals surface area contributed by atoms with Gasteiger partial charge in [-0.1, -0.05) is 12.1 Å². The monoisotopic (exact) mass is 573 g/mol. The molecule has 8 nitrogen and oxygen atoms in total.